The number of nitrogens with zero attached hydrogens (tertiary/aromatic N) is 4. The standard InChI is InChI=1S/C17H21Cl2N5/c1-13-16(11-20-23-9-7-22(2)8-10-23)17(19)24(21-13)12-14-3-5-15(18)6-4-14/h3-6,11H,7-10,12H2,1-2H3/p+1/b20-11-. The molecule has 0 atom stereocenters. The summed E-state index contributed by atoms with van der Waals surface area (Å²) in [7, 11) is 2.21. The number of hydrogen-bond donors (Lipinski definition) is 1. The summed E-state index contributed by atoms with van der Waals surface area (Å²) >= 11 is 12.4. The number of nitrogens with one attached hydrogen (secondary N) is 1. The van der Waals surface area contributed by atoms with Crippen molar-refractivity contribution in [1.82, 2.24) is 14.8 Å². The van der Waals surface area contributed by atoms with Crippen molar-refractivity contribution in [3.05, 3.63) is 51.3 Å². The lowest BCUT2D eigenvalue weighted by Crippen LogP contribution is -3.11. The highest BCUT2D eigenvalue weighted by atomic mass is 35.5. The van der Waals surface area contributed by atoms with Gasteiger partial charge in [-0.15, -0.1) is 0 Å². The summed E-state index contributed by atoms with van der Waals surface area (Å²) in [5.74, 6) is 0. The van der Waals surface area contributed by atoms with Gasteiger partial charge in [-0.2, -0.15) is 10.2 Å². The van der Waals surface area contributed by atoms with Crippen LogP contribution in [-0.2, 0) is 6.54 Å². The van der Waals surface area contributed by atoms with Gasteiger partial charge in [-0.25, -0.2) is 4.68 Å². The fraction of sp³-hybridized carbons (Fsp3) is 0.412. The monoisotopic (exact) mass is 366 g/mol. The fourth-order valence-corrected chi connectivity index (χ4v) is 3.12. The van der Waals surface area contributed by atoms with Crippen LogP contribution >= 0.6 is 23.2 Å². The minimum absolute atomic E-state index is 0.614. The predicted molar refractivity (Wildman–Crippen MR) is 98.3 cm³/mol. The fourth-order valence-electron chi connectivity index (χ4n) is 2.71. The third-order valence-electron chi connectivity index (χ3n) is 4.30. The number of hydrogen-bond acceptors (Lipinski definition) is 3. The molecule has 1 aliphatic heterocycles. The summed E-state index contributed by atoms with van der Waals surface area (Å²) in [4.78, 5) is 1.55. The number of benzene rings is 1. The second-order valence-corrected chi connectivity index (χ2v) is 7.02. The molecule has 2 aromatic rings. The highest BCUT2D eigenvalue weighted by Gasteiger charge is 2.16. The van der Waals surface area contributed by atoms with Gasteiger partial charge in [0.2, 0.25) is 0 Å². The van der Waals surface area contributed by atoms with Crippen molar-refractivity contribution in [2.45, 2.75) is 13.5 Å². The number of hydrazone groups is 1. The van der Waals surface area contributed by atoms with Crippen molar-refractivity contribution in [2.75, 3.05) is 33.2 Å². The predicted octanol–water partition coefficient (Wildman–Crippen LogP) is 1.71. The summed E-state index contributed by atoms with van der Waals surface area (Å²) in [5, 5.41) is 12.6. The average Bonchev–Trinajstić information content (AvgIpc) is 2.83. The molecule has 7 heteroatoms. The zero-order chi connectivity index (χ0) is 17.1. The smallest absolute Gasteiger partial charge is 0.136 e. The van der Waals surface area contributed by atoms with E-state index in [9.17, 15) is 0 Å². The summed E-state index contributed by atoms with van der Waals surface area (Å²) in [6.45, 7) is 6.73. The first-order chi connectivity index (χ1) is 11.5. The number of piperazine rings is 1. The topological polar surface area (TPSA) is 37.9 Å². The van der Waals surface area contributed by atoms with Gasteiger partial charge in [-0.1, -0.05) is 35.3 Å². The van der Waals surface area contributed by atoms with E-state index in [4.69, 9.17) is 23.2 Å². The molecule has 1 saturated heterocycles. The molecule has 24 heavy (non-hydrogen) atoms. The summed E-state index contributed by atoms with van der Waals surface area (Å²) < 4.78 is 1.80. The number of aromatic nitrogens is 2. The Morgan fingerprint density at radius 1 is 1.21 bits per heavy atom. The highest BCUT2D eigenvalue weighted by molar-refractivity contribution is 6.32. The second-order valence-electron chi connectivity index (χ2n) is 6.23. The Bertz CT molecular complexity index is 715. The van der Waals surface area contributed by atoms with Crippen LogP contribution in [0.3, 0.4) is 0 Å². The summed E-state index contributed by atoms with van der Waals surface area (Å²) in [6, 6.07) is 7.71. The molecule has 1 N–H and O–H groups in total. The third kappa shape index (κ3) is 4.09. The van der Waals surface area contributed by atoms with Gasteiger partial charge in [0.25, 0.3) is 0 Å². The molecule has 1 aliphatic rings. The molecule has 0 aliphatic carbocycles. The number of quaternary nitrogens is 1. The third-order valence-corrected chi connectivity index (χ3v) is 4.95. The van der Waals surface area contributed by atoms with Gasteiger partial charge >= 0.3 is 0 Å². The molecule has 1 fully saturated rings. The Kier molecular flexibility index (Phi) is 5.43. The Morgan fingerprint density at radius 3 is 2.54 bits per heavy atom. The van der Waals surface area contributed by atoms with Crippen molar-refractivity contribution in [1.29, 1.82) is 0 Å². The highest BCUT2D eigenvalue weighted by Crippen LogP contribution is 2.20. The molecular formula is C17H22Cl2N5+. The van der Waals surface area contributed by atoms with Crippen LogP contribution in [0.15, 0.2) is 29.4 Å². The molecule has 0 amide bonds. The second kappa shape index (κ2) is 7.55. The molecule has 128 valence electrons. The zero-order valence-corrected chi connectivity index (χ0v) is 15.5. The van der Waals surface area contributed by atoms with Gasteiger partial charge in [0.05, 0.1) is 57.2 Å². The van der Waals surface area contributed by atoms with Crippen LogP contribution in [0.4, 0.5) is 0 Å². The van der Waals surface area contributed by atoms with Crippen LogP contribution in [0.1, 0.15) is 16.8 Å². The zero-order valence-electron chi connectivity index (χ0n) is 14.0. The minimum Gasteiger partial charge on any atom is -0.334 e. The maximum absolute atomic E-state index is 6.51. The SMILES string of the molecule is Cc1nn(Cc2ccc(Cl)cc2)c(Cl)c1/C=N\N1CC[NH+](C)CC1. The number of halogens is 2. The maximum Gasteiger partial charge on any atom is 0.136 e. The molecule has 5 nitrogen and oxygen atoms in total. The first-order valence-electron chi connectivity index (χ1n) is 8.10. The van der Waals surface area contributed by atoms with Gasteiger partial charge in [0.15, 0.2) is 0 Å². The lowest BCUT2D eigenvalue weighted by Gasteiger charge is -2.27. The molecule has 2 heterocycles. The van der Waals surface area contributed by atoms with E-state index < -0.39 is 0 Å². The van der Waals surface area contributed by atoms with Crippen LogP contribution in [0, 0.1) is 6.92 Å². The first-order valence-corrected chi connectivity index (χ1v) is 8.86. The van der Waals surface area contributed by atoms with E-state index in [1.807, 2.05) is 37.4 Å². The van der Waals surface area contributed by atoms with Gasteiger partial charge < -0.3 is 4.90 Å². The van der Waals surface area contributed by atoms with Crippen LogP contribution in [0.25, 0.3) is 0 Å². The Labute approximate surface area is 152 Å². The maximum atomic E-state index is 6.51. The van der Waals surface area contributed by atoms with E-state index in [0.717, 1.165) is 48.0 Å². The Hall–Kier alpha value is -1.56. The lowest BCUT2D eigenvalue weighted by atomic mass is 10.2. The molecule has 0 unspecified atom stereocenters. The average molecular weight is 367 g/mol. The Morgan fingerprint density at radius 2 is 1.88 bits per heavy atom. The Balaban J connectivity index is 1.73. The summed E-state index contributed by atoms with van der Waals surface area (Å²) in [6.07, 6.45) is 1.84. The number of rotatable bonds is 4. The molecule has 0 radical (unpaired) electrons. The van der Waals surface area contributed by atoms with E-state index in [1.165, 1.54) is 0 Å². The van der Waals surface area contributed by atoms with Gasteiger partial charge in [0.1, 0.15) is 5.15 Å². The van der Waals surface area contributed by atoms with Crippen LogP contribution < -0.4 is 4.90 Å². The van der Waals surface area contributed by atoms with Crippen LogP contribution in [-0.4, -0.2) is 54.2 Å². The van der Waals surface area contributed by atoms with E-state index in [0.29, 0.717) is 11.7 Å². The van der Waals surface area contributed by atoms with E-state index in [2.05, 4.69) is 22.3 Å². The van der Waals surface area contributed by atoms with Gasteiger partial charge in [-0.3, -0.25) is 5.01 Å². The van der Waals surface area contributed by atoms with Crippen molar-refractivity contribution < 1.29 is 4.90 Å². The van der Waals surface area contributed by atoms with Crippen LogP contribution in [0.5, 0.6) is 0 Å². The molecular weight excluding hydrogens is 345 g/mol. The largest absolute Gasteiger partial charge is 0.334 e. The molecule has 0 saturated carbocycles. The van der Waals surface area contributed by atoms with Crippen LogP contribution in [0.2, 0.25) is 10.2 Å². The van der Waals surface area contributed by atoms with E-state index in [1.54, 1.807) is 9.58 Å². The number of likely N-dealkylation sites (N-methyl/N-ethyl adjacent to an activating group) is 1. The van der Waals surface area contributed by atoms with E-state index >= 15 is 0 Å². The van der Waals surface area contributed by atoms with E-state index in [-0.39, 0.29) is 0 Å². The molecule has 1 aromatic carbocycles. The van der Waals surface area contributed by atoms with Gasteiger partial charge in [0, 0.05) is 5.02 Å². The quantitative estimate of drug-likeness (QED) is 0.836. The lowest BCUT2D eigenvalue weighted by molar-refractivity contribution is -0.884. The van der Waals surface area contributed by atoms with Crippen molar-refractivity contribution in [2.24, 2.45) is 5.10 Å². The number of aryl methyl sites for hydroxylation is 1. The first kappa shape index (κ1) is 17.3. The normalized spacial score (nSPS) is 16.2. The van der Waals surface area contributed by atoms with Gasteiger partial charge in [-0.05, 0) is 24.6 Å². The molecule has 0 bridgehead atoms. The minimum atomic E-state index is 0.614. The molecule has 3 rings (SSSR count). The molecule has 1 aromatic heterocycles. The summed E-state index contributed by atoms with van der Waals surface area (Å²) in [5.41, 5.74) is 2.88. The van der Waals surface area contributed by atoms with Crippen molar-refractivity contribution in [3.63, 3.8) is 0 Å². The molecule has 0 spiro atoms. The van der Waals surface area contributed by atoms with Crippen molar-refractivity contribution in [3.8, 4) is 0 Å². The van der Waals surface area contributed by atoms with Crippen molar-refractivity contribution >= 4 is 29.4 Å².